The molecule has 0 N–H and O–H groups in total. The first-order valence-electron chi connectivity index (χ1n) is 10.3. The Bertz CT molecular complexity index is 889. The van der Waals surface area contributed by atoms with Crippen LogP contribution in [0.25, 0.3) is 0 Å². The van der Waals surface area contributed by atoms with E-state index in [0.717, 1.165) is 30.4 Å². The molecule has 1 saturated carbocycles. The molecule has 2 aliphatic rings. The third-order valence-electron chi connectivity index (χ3n) is 5.62. The lowest BCUT2D eigenvalue weighted by Gasteiger charge is -2.38. The van der Waals surface area contributed by atoms with E-state index in [9.17, 15) is 14.0 Å². The summed E-state index contributed by atoms with van der Waals surface area (Å²) in [7, 11) is 0. The molecule has 0 spiro atoms. The molecule has 1 aliphatic heterocycles. The first-order chi connectivity index (χ1) is 13.9. The smallest absolute Gasteiger partial charge is 0.242 e. The molecule has 2 aromatic rings. The van der Waals surface area contributed by atoms with E-state index in [2.05, 4.69) is 25.3 Å². The van der Waals surface area contributed by atoms with Crippen molar-refractivity contribution in [2.75, 3.05) is 19.6 Å². The molecular weight excluding hydrogens is 387 g/mol. The van der Waals surface area contributed by atoms with Crippen LogP contribution in [0.5, 0.6) is 0 Å². The van der Waals surface area contributed by atoms with Gasteiger partial charge in [0, 0.05) is 23.9 Å². The van der Waals surface area contributed by atoms with Crippen molar-refractivity contribution in [2.45, 2.75) is 39.2 Å². The van der Waals surface area contributed by atoms with Crippen LogP contribution >= 0.6 is 11.3 Å². The SMILES string of the molecule is CC(C)CN(CC(=O)N1CCc2sccc2[C@H]1c1ccc(F)cc1)C(=O)C1CC1. The van der Waals surface area contributed by atoms with Crippen LogP contribution in [0.2, 0.25) is 0 Å². The highest BCUT2D eigenvalue weighted by atomic mass is 32.1. The Hall–Kier alpha value is -2.21. The molecule has 1 atom stereocenters. The number of hydrogen-bond donors (Lipinski definition) is 0. The number of carbonyl (C=O) groups excluding carboxylic acids is 2. The van der Waals surface area contributed by atoms with E-state index in [1.807, 2.05) is 4.90 Å². The van der Waals surface area contributed by atoms with E-state index in [0.29, 0.717) is 19.0 Å². The van der Waals surface area contributed by atoms with Crippen LogP contribution in [0, 0.1) is 17.7 Å². The largest absolute Gasteiger partial charge is 0.333 e. The van der Waals surface area contributed by atoms with Crippen molar-refractivity contribution in [3.05, 3.63) is 57.5 Å². The number of nitrogens with zero attached hydrogens (tertiary/aromatic N) is 2. The Kier molecular flexibility index (Phi) is 5.72. The highest BCUT2D eigenvalue weighted by Crippen LogP contribution is 2.38. The van der Waals surface area contributed by atoms with Crippen molar-refractivity contribution >= 4 is 23.2 Å². The quantitative estimate of drug-likeness (QED) is 0.709. The second-order valence-electron chi connectivity index (χ2n) is 8.48. The molecule has 0 radical (unpaired) electrons. The number of carbonyl (C=O) groups is 2. The second kappa shape index (κ2) is 8.27. The second-order valence-corrected chi connectivity index (χ2v) is 9.48. The monoisotopic (exact) mass is 414 g/mol. The lowest BCUT2D eigenvalue weighted by atomic mass is 9.93. The van der Waals surface area contributed by atoms with E-state index < -0.39 is 0 Å². The minimum Gasteiger partial charge on any atom is -0.333 e. The fourth-order valence-corrected chi connectivity index (χ4v) is 5.01. The Balaban J connectivity index is 1.60. The van der Waals surface area contributed by atoms with Crippen molar-refractivity contribution in [3.8, 4) is 0 Å². The molecule has 4 nitrogen and oxygen atoms in total. The van der Waals surface area contributed by atoms with Gasteiger partial charge in [-0.05, 0) is 59.9 Å². The normalized spacial score (nSPS) is 18.6. The number of halogens is 1. The van der Waals surface area contributed by atoms with Crippen molar-refractivity contribution < 1.29 is 14.0 Å². The standard InChI is InChI=1S/C23H27FN2O2S/c1-15(2)13-25(23(28)17-3-4-17)14-21(27)26-11-9-20-19(10-12-29-20)22(26)16-5-7-18(24)8-6-16/h5-8,10,12,15,17,22H,3-4,9,11,13-14H2,1-2H3/t22-/m1/s1. The summed E-state index contributed by atoms with van der Waals surface area (Å²) in [5.74, 6) is 0.193. The summed E-state index contributed by atoms with van der Waals surface area (Å²) in [6.07, 6.45) is 2.68. The molecule has 1 fully saturated rings. The van der Waals surface area contributed by atoms with Crippen LogP contribution in [-0.4, -0.2) is 41.2 Å². The van der Waals surface area contributed by atoms with E-state index >= 15 is 0 Å². The zero-order valence-corrected chi connectivity index (χ0v) is 17.8. The maximum Gasteiger partial charge on any atom is 0.242 e. The summed E-state index contributed by atoms with van der Waals surface area (Å²) in [6.45, 7) is 5.46. The summed E-state index contributed by atoms with van der Waals surface area (Å²) in [4.78, 5) is 31.0. The van der Waals surface area contributed by atoms with Gasteiger partial charge in [-0.25, -0.2) is 4.39 Å². The molecule has 2 amide bonds. The third kappa shape index (κ3) is 4.37. The molecule has 1 aromatic heterocycles. The van der Waals surface area contributed by atoms with Gasteiger partial charge in [0.2, 0.25) is 11.8 Å². The summed E-state index contributed by atoms with van der Waals surface area (Å²) in [5.41, 5.74) is 2.02. The molecule has 2 heterocycles. The number of amides is 2. The highest BCUT2D eigenvalue weighted by Gasteiger charge is 2.37. The van der Waals surface area contributed by atoms with E-state index in [1.54, 1.807) is 28.4 Å². The Morgan fingerprint density at radius 1 is 1.21 bits per heavy atom. The van der Waals surface area contributed by atoms with Gasteiger partial charge in [0.05, 0.1) is 12.6 Å². The van der Waals surface area contributed by atoms with Gasteiger partial charge in [-0.15, -0.1) is 11.3 Å². The molecule has 4 rings (SSSR count). The third-order valence-corrected chi connectivity index (χ3v) is 6.62. The predicted molar refractivity (Wildman–Crippen MR) is 112 cm³/mol. The Labute approximate surface area is 175 Å². The maximum absolute atomic E-state index is 13.5. The van der Waals surface area contributed by atoms with E-state index in [4.69, 9.17) is 0 Å². The lowest BCUT2D eigenvalue weighted by molar-refractivity contribution is -0.142. The van der Waals surface area contributed by atoms with Gasteiger partial charge in [0.15, 0.2) is 0 Å². The van der Waals surface area contributed by atoms with Crippen LogP contribution in [-0.2, 0) is 16.0 Å². The minimum absolute atomic E-state index is 0.0363. The number of hydrogen-bond acceptors (Lipinski definition) is 3. The van der Waals surface area contributed by atoms with Gasteiger partial charge in [0.1, 0.15) is 5.82 Å². The van der Waals surface area contributed by atoms with Gasteiger partial charge in [-0.3, -0.25) is 9.59 Å². The molecule has 29 heavy (non-hydrogen) atoms. The van der Waals surface area contributed by atoms with Gasteiger partial charge >= 0.3 is 0 Å². The molecule has 0 bridgehead atoms. The summed E-state index contributed by atoms with van der Waals surface area (Å²) < 4.78 is 13.5. The van der Waals surface area contributed by atoms with Crippen LogP contribution in [0.1, 0.15) is 48.7 Å². The van der Waals surface area contributed by atoms with Crippen molar-refractivity contribution in [2.24, 2.45) is 11.8 Å². The minimum atomic E-state index is -0.286. The number of thiophene rings is 1. The fraction of sp³-hybridized carbons (Fsp3) is 0.478. The molecule has 1 aromatic carbocycles. The van der Waals surface area contributed by atoms with Crippen LogP contribution in [0.4, 0.5) is 4.39 Å². The topological polar surface area (TPSA) is 40.6 Å². The average Bonchev–Trinajstić information content (AvgIpc) is 3.43. The van der Waals surface area contributed by atoms with Crippen molar-refractivity contribution in [3.63, 3.8) is 0 Å². The first-order valence-corrected chi connectivity index (χ1v) is 11.2. The summed E-state index contributed by atoms with van der Waals surface area (Å²) in [6, 6.07) is 8.24. The predicted octanol–water partition coefficient (Wildman–Crippen LogP) is 4.26. The zero-order valence-electron chi connectivity index (χ0n) is 16.9. The van der Waals surface area contributed by atoms with Crippen molar-refractivity contribution in [1.82, 2.24) is 9.80 Å². The number of rotatable bonds is 6. The first kappa shape index (κ1) is 20.1. The van der Waals surface area contributed by atoms with Crippen molar-refractivity contribution in [1.29, 1.82) is 0 Å². The fourth-order valence-electron chi connectivity index (χ4n) is 4.11. The van der Waals surface area contributed by atoms with Gasteiger partial charge < -0.3 is 9.80 Å². The summed E-state index contributed by atoms with van der Waals surface area (Å²) >= 11 is 1.70. The average molecular weight is 415 g/mol. The maximum atomic E-state index is 13.5. The zero-order chi connectivity index (χ0) is 20.5. The molecular formula is C23H27FN2O2S. The lowest BCUT2D eigenvalue weighted by Crippen LogP contribution is -2.47. The molecule has 6 heteroatoms. The van der Waals surface area contributed by atoms with Gasteiger partial charge in [-0.1, -0.05) is 26.0 Å². The van der Waals surface area contributed by atoms with E-state index in [1.165, 1.54) is 17.0 Å². The molecule has 1 aliphatic carbocycles. The molecule has 154 valence electrons. The van der Waals surface area contributed by atoms with Gasteiger partial charge in [0.25, 0.3) is 0 Å². The summed E-state index contributed by atoms with van der Waals surface area (Å²) in [5, 5.41) is 2.05. The molecule has 0 unspecified atom stereocenters. The number of fused-ring (bicyclic) bond motifs is 1. The Morgan fingerprint density at radius 2 is 1.93 bits per heavy atom. The Morgan fingerprint density at radius 3 is 2.59 bits per heavy atom. The van der Waals surface area contributed by atoms with Crippen LogP contribution in [0.15, 0.2) is 35.7 Å². The van der Waals surface area contributed by atoms with Crippen LogP contribution in [0.3, 0.4) is 0 Å². The number of benzene rings is 1. The highest BCUT2D eigenvalue weighted by molar-refractivity contribution is 7.10. The molecule has 0 saturated heterocycles. The van der Waals surface area contributed by atoms with E-state index in [-0.39, 0.29) is 36.1 Å². The van der Waals surface area contributed by atoms with Gasteiger partial charge in [-0.2, -0.15) is 0 Å². The van der Waals surface area contributed by atoms with Crippen LogP contribution < -0.4 is 0 Å².